The Balaban J connectivity index is 2.48. The fraction of sp³-hybridized carbons (Fsp3) is 0.800. The summed E-state index contributed by atoms with van der Waals surface area (Å²) < 4.78 is 7.57. The minimum absolute atomic E-state index is 0.651. The Bertz CT molecular complexity index is 360. The van der Waals surface area contributed by atoms with E-state index in [2.05, 4.69) is 41.8 Å². The number of hydrogen-bond acceptors (Lipinski definition) is 3. The lowest BCUT2D eigenvalue weighted by Crippen LogP contribution is -2.16. The zero-order chi connectivity index (χ0) is 14.3. The Labute approximate surface area is 117 Å². The molecule has 0 saturated carbocycles. The average Bonchev–Trinajstić information content (AvgIpc) is 2.69. The van der Waals surface area contributed by atoms with E-state index in [0.29, 0.717) is 11.8 Å². The highest BCUT2D eigenvalue weighted by Gasteiger charge is 2.11. The summed E-state index contributed by atoms with van der Waals surface area (Å²) in [5.74, 6) is 2.33. The first kappa shape index (κ1) is 16.0. The highest BCUT2D eigenvalue weighted by Crippen LogP contribution is 2.16. The first-order chi connectivity index (χ1) is 9.04. The SMILES string of the molecule is CCOCCCNc1nc(C)cn1CC(C)C(C)C. The van der Waals surface area contributed by atoms with Gasteiger partial charge in [-0.25, -0.2) is 4.98 Å². The lowest BCUT2D eigenvalue weighted by molar-refractivity contribution is 0.147. The second-order valence-corrected chi connectivity index (χ2v) is 5.56. The van der Waals surface area contributed by atoms with Gasteiger partial charge in [-0.1, -0.05) is 20.8 Å². The Morgan fingerprint density at radius 1 is 1.37 bits per heavy atom. The zero-order valence-corrected chi connectivity index (χ0v) is 13.1. The maximum absolute atomic E-state index is 5.34. The normalized spacial score (nSPS) is 12.9. The van der Waals surface area contributed by atoms with Crippen LogP contribution in [-0.4, -0.2) is 29.3 Å². The van der Waals surface area contributed by atoms with Gasteiger partial charge in [0.15, 0.2) is 0 Å². The maximum Gasteiger partial charge on any atom is 0.203 e. The number of nitrogens with one attached hydrogen (secondary N) is 1. The molecule has 4 nitrogen and oxygen atoms in total. The number of rotatable bonds is 9. The highest BCUT2D eigenvalue weighted by atomic mass is 16.5. The minimum Gasteiger partial charge on any atom is -0.382 e. The summed E-state index contributed by atoms with van der Waals surface area (Å²) in [6.07, 6.45) is 3.14. The lowest BCUT2D eigenvalue weighted by Gasteiger charge is -2.18. The minimum atomic E-state index is 0.651. The van der Waals surface area contributed by atoms with Crippen LogP contribution in [0.4, 0.5) is 5.95 Å². The van der Waals surface area contributed by atoms with Crippen molar-refractivity contribution in [1.82, 2.24) is 9.55 Å². The average molecular weight is 267 g/mol. The molecule has 1 N–H and O–H groups in total. The number of hydrogen-bond donors (Lipinski definition) is 1. The molecule has 0 aromatic carbocycles. The lowest BCUT2D eigenvalue weighted by atomic mass is 9.98. The summed E-state index contributed by atoms with van der Waals surface area (Å²) in [6, 6.07) is 0. The molecule has 1 rings (SSSR count). The Morgan fingerprint density at radius 3 is 2.74 bits per heavy atom. The number of imidazole rings is 1. The molecule has 0 spiro atoms. The zero-order valence-electron chi connectivity index (χ0n) is 13.1. The van der Waals surface area contributed by atoms with Gasteiger partial charge in [0.05, 0.1) is 5.69 Å². The quantitative estimate of drug-likeness (QED) is 0.698. The van der Waals surface area contributed by atoms with E-state index in [0.717, 1.165) is 44.4 Å². The van der Waals surface area contributed by atoms with Crippen LogP contribution in [-0.2, 0) is 11.3 Å². The third-order valence-electron chi connectivity index (χ3n) is 3.47. The topological polar surface area (TPSA) is 39.1 Å². The van der Waals surface area contributed by atoms with Crippen LogP contribution < -0.4 is 5.32 Å². The first-order valence-corrected chi connectivity index (χ1v) is 7.40. The van der Waals surface area contributed by atoms with Gasteiger partial charge in [-0.3, -0.25) is 0 Å². The summed E-state index contributed by atoms with van der Waals surface area (Å²) in [5, 5.41) is 3.41. The number of nitrogens with zero attached hydrogens (tertiary/aromatic N) is 2. The van der Waals surface area contributed by atoms with E-state index in [9.17, 15) is 0 Å². The molecule has 1 heterocycles. The highest BCUT2D eigenvalue weighted by molar-refractivity contribution is 5.28. The van der Waals surface area contributed by atoms with Gasteiger partial charge in [-0.05, 0) is 32.1 Å². The molecule has 0 aliphatic rings. The molecule has 0 aliphatic heterocycles. The fourth-order valence-corrected chi connectivity index (χ4v) is 1.87. The van der Waals surface area contributed by atoms with Gasteiger partial charge in [0, 0.05) is 32.5 Å². The fourth-order valence-electron chi connectivity index (χ4n) is 1.87. The van der Waals surface area contributed by atoms with Crippen molar-refractivity contribution in [2.24, 2.45) is 11.8 Å². The standard InChI is InChI=1S/C15H29N3O/c1-6-19-9-7-8-16-15-17-14(5)11-18(15)10-13(4)12(2)3/h11-13H,6-10H2,1-5H3,(H,16,17). The van der Waals surface area contributed by atoms with Crippen LogP contribution >= 0.6 is 0 Å². The number of aromatic nitrogens is 2. The van der Waals surface area contributed by atoms with Gasteiger partial charge in [0.2, 0.25) is 5.95 Å². The van der Waals surface area contributed by atoms with Gasteiger partial charge in [0.25, 0.3) is 0 Å². The van der Waals surface area contributed by atoms with Crippen LogP contribution in [0.25, 0.3) is 0 Å². The predicted molar refractivity (Wildman–Crippen MR) is 80.6 cm³/mol. The summed E-state index contributed by atoms with van der Waals surface area (Å²) in [5.41, 5.74) is 1.07. The van der Waals surface area contributed by atoms with Gasteiger partial charge in [0.1, 0.15) is 0 Å². The molecule has 0 saturated heterocycles. The summed E-state index contributed by atoms with van der Waals surface area (Å²) in [6.45, 7) is 14.4. The van der Waals surface area contributed by atoms with Crippen molar-refractivity contribution in [3.8, 4) is 0 Å². The molecule has 19 heavy (non-hydrogen) atoms. The molecule has 110 valence electrons. The van der Waals surface area contributed by atoms with Crippen LogP contribution in [0.3, 0.4) is 0 Å². The second kappa shape index (κ2) is 8.20. The van der Waals surface area contributed by atoms with Crippen molar-refractivity contribution in [3.05, 3.63) is 11.9 Å². The van der Waals surface area contributed by atoms with Crippen LogP contribution in [0.15, 0.2) is 6.20 Å². The van der Waals surface area contributed by atoms with Crippen molar-refractivity contribution in [2.45, 2.75) is 47.6 Å². The van der Waals surface area contributed by atoms with E-state index in [-0.39, 0.29) is 0 Å². The molecule has 4 heteroatoms. The van der Waals surface area contributed by atoms with Crippen molar-refractivity contribution >= 4 is 5.95 Å². The molecule has 0 radical (unpaired) electrons. The molecule has 0 fully saturated rings. The van der Waals surface area contributed by atoms with E-state index in [1.165, 1.54) is 0 Å². The third-order valence-corrected chi connectivity index (χ3v) is 3.47. The van der Waals surface area contributed by atoms with Crippen LogP contribution in [0.2, 0.25) is 0 Å². The molecule has 0 amide bonds. The van der Waals surface area contributed by atoms with Crippen molar-refractivity contribution in [2.75, 3.05) is 25.1 Å². The number of anilines is 1. The molecule has 1 aromatic heterocycles. The number of ether oxygens (including phenoxy) is 1. The first-order valence-electron chi connectivity index (χ1n) is 7.40. The van der Waals surface area contributed by atoms with Gasteiger partial charge >= 0.3 is 0 Å². The monoisotopic (exact) mass is 267 g/mol. The van der Waals surface area contributed by atoms with Crippen molar-refractivity contribution in [1.29, 1.82) is 0 Å². The van der Waals surface area contributed by atoms with Crippen molar-refractivity contribution in [3.63, 3.8) is 0 Å². The summed E-state index contributed by atoms with van der Waals surface area (Å²) in [7, 11) is 0. The second-order valence-electron chi connectivity index (χ2n) is 5.56. The van der Waals surface area contributed by atoms with E-state index in [1.54, 1.807) is 0 Å². The molecular formula is C15H29N3O. The summed E-state index contributed by atoms with van der Waals surface area (Å²) in [4.78, 5) is 4.55. The van der Waals surface area contributed by atoms with Crippen LogP contribution in [0.5, 0.6) is 0 Å². The molecule has 0 bridgehead atoms. The third kappa shape index (κ3) is 5.64. The molecule has 1 atom stereocenters. The van der Waals surface area contributed by atoms with E-state index >= 15 is 0 Å². The van der Waals surface area contributed by atoms with Gasteiger partial charge in [-0.2, -0.15) is 0 Å². The molecule has 1 aromatic rings. The Morgan fingerprint density at radius 2 is 2.11 bits per heavy atom. The van der Waals surface area contributed by atoms with E-state index < -0.39 is 0 Å². The van der Waals surface area contributed by atoms with Gasteiger partial charge in [-0.15, -0.1) is 0 Å². The van der Waals surface area contributed by atoms with Gasteiger partial charge < -0.3 is 14.6 Å². The summed E-state index contributed by atoms with van der Waals surface area (Å²) >= 11 is 0. The largest absolute Gasteiger partial charge is 0.382 e. The Hall–Kier alpha value is -1.03. The van der Waals surface area contributed by atoms with E-state index in [4.69, 9.17) is 4.74 Å². The van der Waals surface area contributed by atoms with Crippen LogP contribution in [0, 0.1) is 18.8 Å². The van der Waals surface area contributed by atoms with Crippen LogP contribution in [0.1, 0.15) is 39.8 Å². The number of aryl methyl sites for hydroxylation is 1. The Kier molecular flexibility index (Phi) is 6.92. The molecule has 1 unspecified atom stereocenters. The van der Waals surface area contributed by atoms with E-state index in [1.807, 2.05) is 13.8 Å². The molecular weight excluding hydrogens is 238 g/mol. The smallest absolute Gasteiger partial charge is 0.203 e. The predicted octanol–water partition coefficient (Wildman–Crippen LogP) is 3.32. The molecule has 0 aliphatic carbocycles. The van der Waals surface area contributed by atoms with Crippen molar-refractivity contribution < 1.29 is 4.74 Å². The maximum atomic E-state index is 5.34.